The van der Waals surface area contributed by atoms with Crippen molar-refractivity contribution in [2.24, 2.45) is 0 Å². The lowest BCUT2D eigenvalue weighted by atomic mass is 10.4. The summed E-state index contributed by atoms with van der Waals surface area (Å²) in [6.45, 7) is 4.80. The minimum atomic E-state index is 0.541. The quantitative estimate of drug-likeness (QED) is 0.644. The molecule has 0 spiro atoms. The summed E-state index contributed by atoms with van der Waals surface area (Å²) < 4.78 is 10.6. The molecule has 0 radical (unpaired) electrons. The van der Waals surface area contributed by atoms with E-state index in [0.29, 0.717) is 25.0 Å². The zero-order chi connectivity index (χ0) is 13.2. The first-order valence-electron chi connectivity index (χ1n) is 6.06. The zero-order valence-corrected chi connectivity index (χ0v) is 11.7. The van der Waals surface area contributed by atoms with Crippen molar-refractivity contribution in [1.82, 2.24) is 9.97 Å². The Hall–Kier alpha value is -1.07. The number of aromatic nitrogens is 2. The van der Waals surface area contributed by atoms with Gasteiger partial charge in [-0.25, -0.2) is 9.97 Å². The number of anilines is 1. The molecule has 18 heavy (non-hydrogen) atoms. The van der Waals surface area contributed by atoms with Gasteiger partial charge in [-0.3, -0.25) is 0 Å². The summed E-state index contributed by atoms with van der Waals surface area (Å²) in [6, 6.07) is 1.83. The number of alkyl halides is 1. The molecule has 1 rings (SSSR count). The van der Waals surface area contributed by atoms with Gasteiger partial charge in [-0.2, -0.15) is 0 Å². The molecular weight excluding hydrogens is 254 g/mol. The number of hydrogen-bond acceptors (Lipinski definition) is 5. The Kier molecular flexibility index (Phi) is 7.44. The van der Waals surface area contributed by atoms with Crippen LogP contribution in [0.5, 0.6) is 5.88 Å². The lowest BCUT2D eigenvalue weighted by Gasteiger charge is -2.22. The third-order valence-corrected chi connectivity index (χ3v) is 2.49. The van der Waals surface area contributed by atoms with E-state index in [1.165, 1.54) is 6.33 Å². The Morgan fingerprint density at radius 3 is 2.78 bits per heavy atom. The second-order valence-electron chi connectivity index (χ2n) is 3.73. The van der Waals surface area contributed by atoms with Gasteiger partial charge in [0.15, 0.2) is 0 Å². The molecule has 0 saturated carbocycles. The fourth-order valence-corrected chi connectivity index (χ4v) is 1.64. The molecule has 0 N–H and O–H groups in total. The molecule has 0 fully saturated rings. The van der Waals surface area contributed by atoms with E-state index in [1.807, 2.05) is 6.07 Å². The van der Waals surface area contributed by atoms with Crippen LogP contribution in [0.25, 0.3) is 0 Å². The summed E-state index contributed by atoms with van der Waals surface area (Å²) >= 11 is 5.79. The highest BCUT2D eigenvalue weighted by Gasteiger charge is 2.08. The van der Waals surface area contributed by atoms with Crippen molar-refractivity contribution >= 4 is 17.4 Å². The van der Waals surface area contributed by atoms with Crippen molar-refractivity contribution in [3.8, 4) is 5.88 Å². The molecular formula is C12H20ClN3O2. The lowest BCUT2D eigenvalue weighted by molar-refractivity contribution is 0.205. The van der Waals surface area contributed by atoms with Crippen molar-refractivity contribution in [3.63, 3.8) is 0 Å². The maximum atomic E-state index is 5.79. The summed E-state index contributed by atoms with van der Waals surface area (Å²) in [7, 11) is 1.68. The molecule has 0 bridgehead atoms. The number of ether oxygens (including phenoxy) is 2. The first-order chi connectivity index (χ1) is 8.81. The summed E-state index contributed by atoms with van der Waals surface area (Å²) in [5.74, 6) is 1.95. The van der Waals surface area contributed by atoms with Crippen LogP contribution in [0.2, 0.25) is 0 Å². The van der Waals surface area contributed by atoms with Crippen LogP contribution in [0.1, 0.15) is 13.3 Å². The van der Waals surface area contributed by atoms with Crippen LogP contribution in [0.4, 0.5) is 5.82 Å². The van der Waals surface area contributed by atoms with E-state index in [2.05, 4.69) is 21.8 Å². The van der Waals surface area contributed by atoms with Crippen molar-refractivity contribution < 1.29 is 9.47 Å². The molecule has 1 aromatic heterocycles. The number of rotatable bonds is 9. The van der Waals surface area contributed by atoms with Gasteiger partial charge in [-0.1, -0.05) is 6.92 Å². The maximum absolute atomic E-state index is 5.79. The number of nitrogens with zero attached hydrogens (tertiary/aromatic N) is 3. The minimum absolute atomic E-state index is 0.541. The largest absolute Gasteiger partial charge is 0.478 e. The highest BCUT2D eigenvalue weighted by molar-refractivity contribution is 6.18. The minimum Gasteiger partial charge on any atom is -0.478 e. The Balaban J connectivity index is 2.70. The molecule has 6 heteroatoms. The normalized spacial score (nSPS) is 10.4. The Morgan fingerprint density at radius 2 is 2.11 bits per heavy atom. The zero-order valence-electron chi connectivity index (χ0n) is 10.9. The predicted octanol–water partition coefficient (Wildman–Crippen LogP) is 1.96. The fraction of sp³-hybridized carbons (Fsp3) is 0.667. The Labute approximate surface area is 113 Å². The second kappa shape index (κ2) is 8.94. The van der Waals surface area contributed by atoms with Gasteiger partial charge in [0.2, 0.25) is 5.88 Å². The van der Waals surface area contributed by atoms with Gasteiger partial charge in [0.1, 0.15) is 12.1 Å². The first-order valence-corrected chi connectivity index (χ1v) is 6.60. The predicted molar refractivity (Wildman–Crippen MR) is 72.6 cm³/mol. The van der Waals surface area contributed by atoms with Gasteiger partial charge in [0.25, 0.3) is 0 Å². The van der Waals surface area contributed by atoms with Crippen LogP contribution in [-0.4, -0.2) is 49.3 Å². The molecule has 1 aromatic rings. The topological polar surface area (TPSA) is 47.5 Å². The smallest absolute Gasteiger partial charge is 0.218 e. The summed E-state index contributed by atoms with van der Waals surface area (Å²) in [5.41, 5.74) is 0. The second-order valence-corrected chi connectivity index (χ2v) is 4.11. The number of methoxy groups -OCH3 is 1. The summed E-state index contributed by atoms with van der Waals surface area (Å²) in [5, 5.41) is 0. The number of hydrogen-bond donors (Lipinski definition) is 0. The van der Waals surface area contributed by atoms with Crippen LogP contribution < -0.4 is 9.64 Å². The Morgan fingerprint density at radius 1 is 1.28 bits per heavy atom. The van der Waals surface area contributed by atoms with E-state index in [0.717, 1.165) is 25.3 Å². The SMILES string of the molecule is CCCOc1cc(N(CCCl)CCOC)ncn1. The highest BCUT2D eigenvalue weighted by Crippen LogP contribution is 2.15. The molecule has 102 valence electrons. The molecule has 0 aliphatic heterocycles. The van der Waals surface area contributed by atoms with Crippen molar-refractivity contribution in [2.75, 3.05) is 44.2 Å². The molecule has 0 aliphatic rings. The van der Waals surface area contributed by atoms with Gasteiger partial charge < -0.3 is 14.4 Å². The molecule has 0 amide bonds. The fourth-order valence-electron chi connectivity index (χ4n) is 1.43. The van der Waals surface area contributed by atoms with Gasteiger partial charge in [-0.05, 0) is 6.42 Å². The van der Waals surface area contributed by atoms with Gasteiger partial charge in [0, 0.05) is 32.1 Å². The van der Waals surface area contributed by atoms with E-state index in [9.17, 15) is 0 Å². The van der Waals surface area contributed by atoms with Gasteiger partial charge in [-0.15, -0.1) is 11.6 Å². The monoisotopic (exact) mass is 273 g/mol. The lowest BCUT2D eigenvalue weighted by Crippen LogP contribution is -2.30. The average Bonchev–Trinajstić information content (AvgIpc) is 2.41. The van der Waals surface area contributed by atoms with Crippen molar-refractivity contribution in [3.05, 3.63) is 12.4 Å². The summed E-state index contributed by atoms with van der Waals surface area (Å²) in [6.07, 6.45) is 2.46. The molecule has 0 aliphatic carbocycles. The van der Waals surface area contributed by atoms with E-state index < -0.39 is 0 Å². The molecule has 0 saturated heterocycles. The molecule has 1 heterocycles. The summed E-state index contributed by atoms with van der Waals surface area (Å²) in [4.78, 5) is 10.4. The van der Waals surface area contributed by atoms with Crippen LogP contribution in [0.15, 0.2) is 12.4 Å². The Bertz CT molecular complexity index is 339. The first kappa shape index (κ1) is 15.0. The highest BCUT2D eigenvalue weighted by atomic mass is 35.5. The third-order valence-electron chi connectivity index (χ3n) is 2.33. The van der Waals surface area contributed by atoms with Crippen LogP contribution in [0.3, 0.4) is 0 Å². The van der Waals surface area contributed by atoms with Crippen molar-refractivity contribution in [1.29, 1.82) is 0 Å². The van der Waals surface area contributed by atoms with Gasteiger partial charge >= 0.3 is 0 Å². The molecule has 0 aromatic carbocycles. The van der Waals surface area contributed by atoms with Crippen molar-refractivity contribution in [2.45, 2.75) is 13.3 Å². The molecule has 0 atom stereocenters. The van der Waals surface area contributed by atoms with Gasteiger partial charge in [0.05, 0.1) is 13.2 Å². The van der Waals surface area contributed by atoms with E-state index in [1.54, 1.807) is 7.11 Å². The standard InChI is InChI=1S/C12H20ClN3O2/c1-3-7-18-12-9-11(14-10-15-12)16(5-4-13)6-8-17-2/h9-10H,3-8H2,1-2H3. The molecule has 5 nitrogen and oxygen atoms in total. The third kappa shape index (κ3) is 5.06. The maximum Gasteiger partial charge on any atom is 0.218 e. The van der Waals surface area contributed by atoms with E-state index in [-0.39, 0.29) is 0 Å². The van der Waals surface area contributed by atoms with E-state index >= 15 is 0 Å². The van der Waals surface area contributed by atoms with Crippen LogP contribution in [0, 0.1) is 0 Å². The average molecular weight is 274 g/mol. The molecule has 0 unspecified atom stereocenters. The van der Waals surface area contributed by atoms with Crippen LogP contribution in [-0.2, 0) is 4.74 Å². The van der Waals surface area contributed by atoms with E-state index in [4.69, 9.17) is 21.1 Å². The number of halogens is 1. The van der Waals surface area contributed by atoms with Crippen LogP contribution >= 0.6 is 11.6 Å².